The fourth-order valence-corrected chi connectivity index (χ4v) is 2.26. The number of benzene rings is 1. The van der Waals surface area contributed by atoms with Crippen molar-refractivity contribution >= 4 is 0 Å². The molecule has 1 aromatic carbocycles. The SMILES string of the molecule is CCCC(N)Cc1ccc(CN(CC)CC)cc1. The lowest BCUT2D eigenvalue weighted by Crippen LogP contribution is -2.23. The lowest BCUT2D eigenvalue weighted by molar-refractivity contribution is 0.296. The predicted molar refractivity (Wildman–Crippen MR) is 79.7 cm³/mol. The van der Waals surface area contributed by atoms with Crippen molar-refractivity contribution in [3.8, 4) is 0 Å². The van der Waals surface area contributed by atoms with Gasteiger partial charge in [0.15, 0.2) is 0 Å². The molecule has 1 atom stereocenters. The van der Waals surface area contributed by atoms with E-state index >= 15 is 0 Å². The van der Waals surface area contributed by atoms with E-state index in [2.05, 4.69) is 49.9 Å². The summed E-state index contributed by atoms with van der Waals surface area (Å²) in [5.74, 6) is 0. The maximum Gasteiger partial charge on any atom is 0.0233 e. The first-order valence-corrected chi connectivity index (χ1v) is 7.25. The van der Waals surface area contributed by atoms with E-state index in [1.54, 1.807) is 0 Å². The van der Waals surface area contributed by atoms with Gasteiger partial charge in [-0.15, -0.1) is 0 Å². The number of hydrogen-bond acceptors (Lipinski definition) is 2. The number of nitrogens with two attached hydrogens (primary N) is 1. The monoisotopic (exact) mass is 248 g/mol. The van der Waals surface area contributed by atoms with E-state index in [9.17, 15) is 0 Å². The van der Waals surface area contributed by atoms with Crippen LogP contribution in [0, 0.1) is 0 Å². The molecule has 2 N–H and O–H groups in total. The van der Waals surface area contributed by atoms with Crippen LogP contribution >= 0.6 is 0 Å². The Morgan fingerprint density at radius 3 is 2.06 bits per heavy atom. The molecule has 0 saturated carbocycles. The second kappa shape index (κ2) is 8.28. The van der Waals surface area contributed by atoms with Crippen molar-refractivity contribution in [1.82, 2.24) is 4.90 Å². The number of rotatable bonds is 8. The van der Waals surface area contributed by atoms with Gasteiger partial charge in [-0.05, 0) is 37.1 Å². The molecule has 0 aliphatic rings. The Bertz CT molecular complexity index is 314. The highest BCUT2D eigenvalue weighted by Gasteiger charge is 2.04. The molecule has 0 amide bonds. The quantitative estimate of drug-likeness (QED) is 0.765. The minimum Gasteiger partial charge on any atom is -0.327 e. The van der Waals surface area contributed by atoms with Crippen molar-refractivity contribution in [3.63, 3.8) is 0 Å². The molecule has 18 heavy (non-hydrogen) atoms. The molecule has 0 aliphatic heterocycles. The standard InChI is InChI=1S/C16H28N2/c1-4-7-16(17)12-14-8-10-15(11-9-14)13-18(5-2)6-3/h8-11,16H,4-7,12-13,17H2,1-3H3. The molecule has 0 spiro atoms. The Hall–Kier alpha value is -0.860. The topological polar surface area (TPSA) is 29.3 Å². The summed E-state index contributed by atoms with van der Waals surface area (Å²) in [5, 5.41) is 0. The van der Waals surface area contributed by atoms with E-state index < -0.39 is 0 Å². The molecular formula is C16H28N2. The molecule has 2 heteroatoms. The zero-order chi connectivity index (χ0) is 13.4. The van der Waals surface area contributed by atoms with Crippen molar-refractivity contribution in [2.24, 2.45) is 5.73 Å². The molecule has 1 rings (SSSR count). The Labute approximate surface area is 112 Å². The summed E-state index contributed by atoms with van der Waals surface area (Å²) < 4.78 is 0. The third-order valence-corrected chi connectivity index (χ3v) is 3.48. The Morgan fingerprint density at radius 1 is 1.00 bits per heavy atom. The molecule has 0 aromatic heterocycles. The van der Waals surface area contributed by atoms with Gasteiger partial charge in [0.05, 0.1) is 0 Å². The van der Waals surface area contributed by atoms with Crippen molar-refractivity contribution in [3.05, 3.63) is 35.4 Å². The van der Waals surface area contributed by atoms with Crippen LogP contribution < -0.4 is 5.73 Å². The minimum atomic E-state index is 0.309. The number of nitrogens with zero attached hydrogens (tertiary/aromatic N) is 1. The zero-order valence-electron chi connectivity index (χ0n) is 12.2. The van der Waals surface area contributed by atoms with Gasteiger partial charge in [-0.25, -0.2) is 0 Å². The van der Waals surface area contributed by atoms with Crippen LogP contribution in [0.15, 0.2) is 24.3 Å². The van der Waals surface area contributed by atoms with Crippen LogP contribution in [-0.4, -0.2) is 24.0 Å². The molecule has 0 radical (unpaired) electrons. The first-order chi connectivity index (χ1) is 8.69. The van der Waals surface area contributed by atoms with Crippen LogP contribution in [0.5, 0.6) is 0 Å². The van der Waals surface area contributed by atoms with Crippen LogP contribution in [0.4, 0.5) is 0 Å². The lowest BCUT2D eigenvalue weighted by Gasteiger charge is -2.18. The highest BCUT2D eigenvalue weighted by Crippen LogP contribution is 2.10. The highest BCUT2D eigenvalue weighted by molar-refractivity contribution is 5.23. The van der Waals surface area contributed by atoms with Gasteiger partial charge in [0, 0.05) is 12.6 Å². The molecule has 0 bridgehead atoms. The van der Waals surface area contributed by atoms with Crippen molar-refractivity contribution < 1.29 is 0 Å². The molecule has 0 saturated heterocycles. The average Bonchev–Trinajstić information content (AvgIpc) is 2.38. The fraction of sp³-hybridized carbons (Fsp3) is 0.625. The van der Waals surface area contributed by atoms with Gasteiger partial charge in [-0.3, -0.25) is 4.90 Å². The van der Waals surface area contributed by atoms with E-state index in [0.29, 0.717) is 6.04 Å². The van der Waals surface area contributed by atoms with Gasteiger partial charge in [0.25, 0.3) is 0 Å². The Morgan fingerprint density at radius 2 is 1.56 bits per heavy atom. The number of hydrogen-bond donors (Lipinski definition) is 1. The second-order valence-electron chi connectivity index (χ2n) is 5.03. The summed E-state index contributed by atoms with van der Waals surface area (Å²) >= 11 is 0. The summed E-state index contributed by atoms with van der Waals surface area (Å²) in [5.41, 5.74) is 8.83. The van der Waals surface area contributed by atoms with Gasteiger partial charge in [0.2, 0.25) is 0 Å². The Kier molecular flexibility index (Phi) is 6.99. The van der Waals surface area contributed by atoms with Crippen LogP contribution in [0.25, 0.3) is 0 Å². The van der Waals surface area contributed by atoms with Gasteiger partial charge in [-0.1, -0.05) is 51.5 Å². The molecule has 0 aliphatic carbocycles. The van der Waals surface area contributed by atoms with E-state index in [1.807, 2.05) is 0 Å². The smallest absolute Gasteiger partial charge is 0.0233 e. The summed E-state index contributed by atoms with van der Waals surface area (Å²) in [6.45, 7) is 9.88. The van der Waals surface area contributed by atoms with E-state index in [4.69, 9.17) is 5.73 Å². The van der Waals surface area contributed by atoms with Crippen LogP contribution in [0.3, 0.4) is 0 Å². The third kappa shape index (κ3) is 5.19. The van der Waals surface area contributed by atoms with E-state index in [-0.39, 0.29) is 0 Å². The van der Waals surface area contributed by atoms with Crippen LogP contribution in [-0.2, 0) is 13.0 Å². The van der Waals surface area contributed by atoms with E-state index in [1.165, 1.54) is 17.5 Å². The van der Waals surface area contributed by atoms with Gasteiger partial charge >= 0.3 is 0 Å². The molecule has 0 fully saturated rings. The van der Waals surface area contributed by atoms with E-state index in [0.717, 1.165) is 32.5 Å². The largest absolute Gasteiger partial charge is 0.327 e. The minimum absolute atomic E-state index is 0.309. The summed E-state index contributed by atoms with van der Waals surface area (Å²) in [6, 6.07) is 9.25. The summed E-state index contributed by atoms with van der Waals surface area (Å²) in [6.07, 6.45) is 3.28. The maximum absolute atomic E-state index is 6.07. The normalized spacial score (nSPS) is 12.9. The molecule has 1 unspecified atom stereocenters. The van der Waals surface area contributed by atoms with Gasteiger partial charge in [0.1, 0.15) is 0 Å². The summed E-state index contributed by atoms with van der Waals surface area (Å²) in [4.78, 5) is 2.43. The van der Waals surface area contributed by atoms with Gasteiger partial charge in [-0.2, -0.15) is 0 Å². The molecular weight excluding hydrogens is 220 g/mol. The average molecular weight is 248 g/mol. The van der Waals surface area contributed by atoms with Gasteiger partial charge < -0.3 is 5.73 Å². The highest BCUT2D eigenvalue weighted by atomic mass is 15.1. The van der Waals surface area contributed by atoms with Crippen LogP contribution in [0.2, 0.25) is 0 Å². The molecule has 1 aromatic rings. The molecule has 2 nitrogen and oxygen atoms in total. The van der Waals surface area contributed by atoms with Crippen LogP contribution in [0.1, 0.15) is 44.7 Å². The first kappa shape index (κ1) is 15.2. The zero-order valence-corrected chi connectivity index (χ0v) is 12.2. The first-order valence-electron chi connectivity index (χ1n) is 7.25. The molecule has 102 valence electrons. The Balaban J connectivity index is 2.51. The third-order valence-electron chi connectivity index (χ3n) is 3.48. The van der Waals surface area contributed by atoms with Crippen molar-refractivity contribution in [1.29, 1.82) is 0 Å². The van der Waals surface area contributed by atoms with Crippen molar-refractivity contribution in [2.45, 2.75) is 52.6 Å². The fourth-order valence-electron chi connectivity index (χ4n) is 2.26. The maximum atomic E-state index is 6.07. The predicted octanol–water partition coefficient (Wildman–Crippen LogP) is 3.20. The lowest BCUT2D eigenvalue weighted by atomic mass is 10.0. The second-order valence-corrected chi connectivity index (χ2v) is 5.03. The summed E-state index contributed by atoms with van der Waals surface area (Å²) in [7, 11) is 0. The molecule has 0 heterocycles. The van der Waals surface area contributed by atoms with Crippen molar-refractivity contribution in [2.75, 3.05) is 13.1 Å².